The topological polar surface area (TPSA) is 99.9 Å². The van der Waals surface area contributed by atoms with Crippen LogP contribution in [0.2, 0.25) is 0 Å². The van der Waals surface area contributed by atoms with Crippen LogP contribution in [0.3, 0.4) is 0 Å². The Balaban J connectivity index is 2.35. The Morgan fingerprint density at radius 3 is 2.12 bits per heavy atom. The number of nitro benzene ring substituents is 1. The Bertz CT molecular complexity index is 794. The molecule has 2 aromatic rings. The number of amides is 1. The molecule has 8 nitrogen and oxygen atoms in total. The highest BCUT2D eigenvalue weighted by Gasteiger charge is 2.18. The van der Waals surface area contributed by atoms with Crippen molar-refractivity contribution in [2.75, 3.05) is 26.6 Å². The van der Waals surface area contributed by atoms with Crippen LogP contribution in [0, 0.1) is 17.0 Å². The first kappa shape index (κ1) is 18.1. The zero-order chi connectivity index (χ0) is 18.6. The first-order chi connectivity index (χ1) is 11.9. The van der Waals surface area contributed by atoms with Gasteiger partial charge >= 0.3 is 0 Å². The molecule has 0 bridgehead atoms. The maximum Gasteiger partial charge on any atom is 0.274 e. The van der Waals surface area contributed by atoms with Crippen LogP contribution in [0.25, 0.3) is 0 Å². The van der Waals surface area contributed by atoms with Crippen molar-refractivity contribution in [3.63, 3.8) is 0 Å². The highest BCUT2D eigenvalue weighted by atomic mass is 16.6. The van der Waals surface area contributed by atoms with E-state index < -0.39 is 10.8 Å². The smallest absolute Gasteiger partial charge is 0.274 e. The van der Waals surface area contributed by atoms with Crippen molar-refractivity contribution >= 4 is 17.3 Å². The SMILES string of the molecule is COc1cc(C(=O)Nc2ccc(C)c([N+](=O)[O-])c2)cc(OC)c1OC. The summed E-state index contributed by atoms with van der Waals surface area (Å²) in [5.74, 6) is 0.578. The summed E-state index contributed by atoms with van der Waals surface area (Å²) < 4.78 is 15.6. The predicted octanol–water partition coefficient (Wildman–Crippen LogP) is 3.18. The molecule has 0 heterocycles. The number of anilines is 1. The molecule has 1 amide bonds. The summed E-state index contributed by atoms with van der Waals surface area (Å²) in [6, 6.07) is 7.48. The second kappa shape index (κ2) is 7.52. The van der Waals surface area contributed by atoms with Gasteiger partial charge in [0.25, 0.3) is 11.6 Å². The number of ether oxygens (including phenoxy) is 3. The minimum absolute atomic E-state index is 0.0670. The Labute approximate surface area is 144 Å². The van der Waals surface area contributed by atoms with Gasteiger partial charge in [-0.1, -0.05) is 6.07 Å². The fraction of sp³-hybridized carbons (Fsp3) is 0.235. The molecule has 0 atom stereocenters. The third-order valence-electron chi connectivity index (χ3n) is 3.59. The van der Waals surface area contributed by atoms with Gasteiger partial charge in [-0.15, -0.1) is 0 Å². The van der Waals surface area contributed by atoms with Crippen molar-refractivity contribution in [2.45, 2.75) is 6.92 Å². The summed E-state index contributed by atoms with van der Waals surface area (Å²) in [4.78, 5) is 23.0. The van der Waals surface area contributed by atoms with Crippen molar-refractivity contribution in [2.24, 2.45) is 0 Å². The number of aryl methyl sites for hydroxylation is 1. The number of carbonyl (C=O) groups is 1. The molecule has 0 unspecified atom stereocenters. The lowest BCUT2D eigenvalue weighted by atomic mass is 10.1. The van der Waals surface area contributed by atoms with Gasteiger partial charge in [-0.2, -0.15) is 0 Å². The lowest BCUT2D eigenvalue weighted by Gasteiger charge is -2.14. The van der Waals surface area contributed by atoms with Crippen LogP contribution < -0.4 is 19.5 Å². The summed E-state index contributed by atoms with van der Waals surface area (Å²) >= 11 is 0. The number of methoxy groups -OCH3 is 3. The molecule has 25 heavy (non-hydrogen) atoms. The minimum atomic E-state index is -0.496. The molecule has 0 aliphatic heterocycles. The van der Waals surface area contributed by atoms with E-state index in [1.54, 1.807) is 19.1 Å². The van der Waals surface area contributed by atoms with Crippen LogP contribution in [0.1, 0.15) is 15.9 Å². The largest absolute Gasteiger partial charge is 0.493 e. The third kappa shape index (κ3) is 3.79. The molecule has 0 spiro atoms. The summed E-state index contributed by atoms with van der Waals surface area (Å²) in [7, 11) is 4.36. The zero-order valence-corrected chi connectivity index (χ0v) is 14.3. The van der Waals surface area contributed by atoms with Crippen LogP contribution >= 0.6 is 0 Å². The van der Waals surface area contributed by atoms with Gasteiger partial charge in [0.1, 0.15) is 0 Å². The number of nitro groups is 1. The fourth-order valence-corrected chi connectivity index (χ4v) is 2.30. The van der Waals surface area contributed by atoms with Crippen molar-refractivity contribution in [1.82, 2.24) is 0 Å². The molecule has 0 aromatic heterocycles. The second-order valence-corrected chi connectivity index (χ2v) is 5.13. The number of carbonyl (C=O) groups excluding carboxylic acids is 1. The van der Waals surface area contributed by atoms with Gasteiger partial charge < -0.3 is 19.5 Å². The molecule has 0 aliphatic carbocycles. The number of nitrogens with one attached hydrogen (secondary N) is 1. The zero-order valence-electron chi connectivity index (χ0n) is 14.3. The van der Waals surface area contributed by atoms with Crippen LogP contribution in [0.15, 0.2) is 30.3 Å². The van der Waals surface area contributed by atoms with Gasteiger partial charge in [-0.3, -0.25) is 14.9 Å². The number of hydrogen-bond donors (Lipinski definition) is 1. The average molecular weight is 346 g/mol. The Hall–Kier alpha value is -3.29. The highest BCUT2D eigenvalue weighted by Crippen LogP contribution is 2.38. The van der Waals surface area contributed by atoms with Gasteiger partial charge in [0.15, 0.2) is 11.5 Å². The third-order valence-corrected chi connectivity index (χ3v) is 3.59. The lowest BCUT2D eigenvalue weighted by molar-refractivity contribution is -0.385. The molecule has 0 aliphatic rings. The molecular formula is C17H18N2O6. The van der Waals surface area contributed by atoms with Crippen molar-refractivity contribution in [3.05, 3.63) is 51.6 Å². The Kier molecular flexibility index (Phi) is 5.43. The van der Waals surface area contributed by atoms with E-state index in [0.717, 1.165) is 0 Å². The van der Waals surface area contributed by atoms with E-state index in [0.29, 0.717) is 28.5 Å². The summed E-state index contributed by atoms with van der Waals surface area (Å²) in [6.07, 6.45) is 0. The monoisotopic (exact) mass is 346 g/mol. The van der Waals surface area contributed by atoms with E-state index in [-0.39, 0.29) is 11.3 Å². The van der Waals surface area contributed by atoms with Gasteiger partial charge in [0.2, 0.25) is 5.75 Å². The molecule has 1 N–H and O–H groups in total. The van der Waals surface area contributed by atoms with Crippen LogP contribution in [0.4, 0.5) is 11.4 Å². The molecule has 0 radical (unpaired) electrons. The average Bonchev–Trinajstić information content (AvgIpc) is 2.61. The van der Waals surface area contributed by atoms with Gasteiger partial charge in [0, 0.05) is 22.9 Å². The minimum Gasteiger partial charge on any atom is -0.493 e. The standard InChI is InChI=1S/C17H18N2O6/c1-10-5-6-12(9-13(10)19(21)22)18-17(20)11-7-14(23-2)16(25-4)15(8-11)24-3/h5-9H,1-4H3,(H,18,20). The Morgan fingerprint density at radius 1 is 1.04 bits per heavy atom. The normalized spacial score (nSPS) is 10.1. The van der Waals surface area contributed by atoms with Crippen molar-refractivity contribution < 1.29 is 23.9 Å². The maximum atomic E-state index is 12.5. The Morgan fingerprint density at radius 2 is 1.64 bits per heavy atom. The highest BCUT2D eigenvalue weighted by molar-refractivity contribution is 6.05. The number of benzene rings is 2. The fourth-order valence-electron chi connectivity index (χ4n) is 2.30. The first-order valence-corrected chi connectivity index (χ1v) is 7.27. The van der Waals surface area contributed by atoms with E-state index in [4.69, 9.17) is 14.2 Å². The quantitative estimate of drug-likeness (QED) is 0.637. The van der Waals surface area contributed by atoms with Gasteiger partial charge in [-0.05, 0) is 25.1 Å². The number of nitrogens with zero attached hydrogens (tertiary/aromatic N) is 1. The van der Waals surface area contributed by atoms with Crippen LogP contribution in [-0.4, -0.2) is 32.2 Å². The molecule has 2 rings (SSSR count). The molecule has 2 aromatic carbocycles. The number of rotatable bonds is 6. The second-order valence-electron chi connectivity index (χ2n) is 5.13. The van der Waals surface area contributed by atoms with Crippen molar-refractivity contribution in [1.29, 1.82) is 0 Å². The van der Waals surface area contributed by atoms with E-state index in [1.807, 2.05) is 0 Å². The molecule has 0 saturated carbocycles. The summed E-state index contributed by atoms with van der Waals surface area (Å²) in [5, 5.41) is 13.6. The van der Waals surface area contributed by atoms with E-state index in [1.165, 1.54) is 39.5 Å². The van der Waals surface area contributed by atoms with E-state index >= 15 is 0 Å². The molecule has 0 fully saturated rings. The predicted molar refractivity (Wildman–Crippen MR) is 91.9 cm³/mol. The summed E-state index contributed by atoms with van der Waals surface area (Å²) in [6.45, 7) is 1.63. The molecule has 0 saturated heterocycles. The lowest BCUT2D eigenvalue weighted by Crippen LogP contribution is -2.13. The molecule has 8 heteroatoms. The van der Waals surface area contributed by atoms with Crippen LogP contribution in [0.5, 0.6) is 17.2 Å². The van der Waals surface area contributed by atoms with Gasteiger partial charge in [-0.25, -0.2) is 0 Å². The first-order valence-electron chi connectivity index (χ1n) is 7.27. The van der Waals surface area contributed by atoms with Crippen LogP contribution in [-0.2, 0) is 0 Å². The number of hydrogen-bond acceptors (Lipinski definition) is 6. The maximum absolute atomic E-state index is 12.5. The van der Waals surface area contributed by atoms with E-state index in [2.05, 4.69) is 5.32 Å². The molecular weight excluding hydrogens is 328 g/mol. The molecule has 132 valence electrons. The van der Waals surface area contributed by atoms with Gasteiger partial charge in [0.05, 0.1) is 26.3 Å². The van der Waals surface area contributed by atoms with E-state index in [9.17, 15) is 14.9 Å². The summed E-state index contributed by atoms with van der Waals surface area (Å²) in [5.41, 5.74) is 1.02. The van der Waals surface area contributed by atoms with Crippen molar-refractivity contribution in [3.8, 4) is 17.2 Å².